The molecule has 2 amide bonds. The molecule has 8 nitrogen and oxygen atoms in total. The molecule has 0 radical (unpaired) electrons. The molecule has 0 N–H and O–H groups in total. The van der Waals surface area contributed by atoms with E-state index in [9.17, 15) is 14.4 Å². The van der Waals surface area contributed by atoms with Crippen molar-refractivity contribution in [2.45, 2.75) is 37.8 Å². The van der Waals surface area contributed by atoms with Gasteiger partial charge in [0.1, 0.15) is 12.0 Å². The van der Waals surface area contributed by atoms with Crippen molar-refractivity contribution >= 4 is 23.7 Å². The van der Waals surface area contributed by atoms with E-state index in [2.05, 4.69) is 11.8 Å². The van der Waals surface area contributed by atoms with Crippen molar-refractivity contribution in [2.75, 3.05) is 18.6 Å². The molecule has 4 rings (SSSR count). The van der Waals surface area contributed by atoms with Crippen LogP contribution in [0.4, 0.5) is 10.5 Å². The zero-order valence-corrected chi connectivity index (χ0v) is 14.0. The predicted molar refractivity (Wildman–Crippen MR) is 84.8 cm³/mol. The molecule has 1 aromatic rings. The smallest absolute Gasteiger partial charge is 0.393 e. The number of ether oxygens (including phenoxy) is 2. The van der Waals surface area contributed by atoms with E-state index in [1.54, 1.807) is 12.1 Å². The van der Waals surface area contributed by atoms with Crippen molar-refractivity contribution in [3.8, 4) is 5.75 Å². The van der Waals surface area contributed by atoms with Crippen molar-refractivity contribution < 1.29 is 28.7 Å². The molecule has 2 atom stereocenters. The summed E-state index contributed by atoms with van der Waals surface area (Å²) in [4.78, 5) is 41.7. The minimum absolute atomic E-state index is 0.0375. The highest BCUT2D eigenvalue weighted by atomic mass is 16.8. The fourth-order valence-electron chi connectivity index (χ4n) is 3.81. The predicted octanol–water partition coefficient (Wildman–Crippen LogP) is 1.72. The molecular formula is C17H18N2O6. The summed E-state index contributed by atoms with van der Waals surface area (Å²) in [6.45, 7) is 2.80. The third-order valence-corrected chi connectivity index (χ3v) is 5.13. The Morgan fingerprint density at radius 2 is 2.00 bits per heavy atom. The molecule has 3 aliphatic heterocycles. The van der Waals surface area contributed by atoms with Crippen molar-refractivity contribution in [2.24, 2.45) is 0 Å². The van der Waals surface area contributed by atoms with Gasteiger partial charge in [-0.05, 0) is 30.2 Å². The van der Waals surface area contributed by atoms with Gasteiger partial charge in [0.25, 0.3) is 11.8 Å². The average Bonchev–Trinajstić information content (AvgIpc) is 3.17. The van der Waals surface area contributed by atoms with Gasteiger partial charge in [0.15, 0.2) is 0 Å². The maximum absolute atomic E-state index is 11.9. The largest absolute Gasteiger partial charge is 0.539 e. The Kier molecular flexibility index (Phi) is 3.47. The molecule has 3 heterocycles. The second kappa shape index (κ2) is 5.45. The summed E-state index contributed by atoms with van der Waals surface area (Å²) < 4.78 is 11.0. The van der Waals surface area contributed by atoms with Gasteiger partial charge in [-0.1, -0.05) is 12.0 Å². The summed E-state index contributed by atoms with van der Waals surface area (Å²) in [6.07, 6.45) is -0.197. The molecular weight excluding hydrogens is 328 g/mol. The van der Waals surface area contributed by atoms with Crippen LogP contribution in [0.2, 0.25) is 0 Å². The first-order valence-electron chi connectivity index (χ1n) is 8.15. The van der Waals surface area contributed by atoms with Crippen LogP contribution >= 0.6 is 0 Å². The number of hydroxylamine groups is 2. The number of likely N-dealkylation sites (N-methyl/N-ethyl adjacent to an activating group) is 1. The van der Waals surface area contributed by atoms with Gasteiger partial charge in [0.2, 0.25) is 0 Å². The lowest BCUT2D eigenvalue weighted by Crippen LogP contribution is -2.37. The van der Waals surface area contributed by atoms with Gasteiger partial charge in [-0.2, -0.15) is 0 Å². The maximum Gasteiger partial charge on any atom is 0.539 e. The van der Waals surface area contributed by atoms with Crippen molar-refractivity contribution in [3.05, 3.63) is 23.8 Å². The van der Waals surface area contributed by atoms with Crippen LogP contribution < -0.4 is 9.64 Å². The second-order valence-electron chi connectivity index (χ2n) is 6.71. The number of hydrogen-bond donors (Lipinski definition) is 0. The van der Waals surface area contributed by atoms with Crippen LogP contribution in [0.25, 0.3) is 0 Å². The summed E-state index contributed by atoms with van der Waals surface area (Å²) in [5.74, 6) is -0.794. The van der Waals surface area contributed by atoms with Crippen molar-refractivity contribution in [1.29, 1.82) is 0 Å². The summed E-state index contributed by atoms with van der Waals surface area (Å²) in [7, 11) is 1.97. The Morgan fingerprint density at radius 1 is 1.28 bits per heavy atom. The quantitative estimate of drug-likeness (QED) is 0.458. The van der Waals surface area contributed by atoms with Crippen molar-refractivity contribution in [1.82, 2.24) is 5.06 Å². The van der Waals surface area contributed by atoms with E-state index in [1.165, 1.54) is 0 Å². The molecule has 1 aromatic carbocycles. The highest BCUT2D eigenvalue weighted by Crippen LogP contribution is 2.51. The standard InChI is InChI=1S/C17H18N2O6/c1-17-7-8-23-15(17)18(2)12-4-3-10(9-11(12)17)24-16(22)25-19-13(20)5-6-14(19)21/h3-4,9,15H,5-8H2,1-2H3/t15-,17-/m0/s1. The second-order valence-corrected chi connectivity index (χ2v) is 6.71. The lowest BCUT2D eigenvalue weighted by Gasteiger charge is -2.26. The van der Waals surface area contributed by atoms with Gasteiger partial charge in [0.05, 0.1) is 6.61 Å². The highest BCUT2D eigenvalue weighted by molar-refractivity contribution is 6.01. The molecule has 8 heteroatoms. The van der Waals surface area contributed by atoms with E-state index in [-0.39, 0.29) is 24.5 Å². The Hall–Kier alpha value is -2.61. The van der Waals surface area contributed by atoms with Gasteiger partial charge in [-0.3, -0.25) is 14.4 Å². The van der Waals surface area contributed by atoms with Crippen LogP contribution in [0.5, 0.6) is 5.75 Å². The lowest BCUT2D eigenvalue weighted by atomic mass is 9.82. The summed E-state index contributed by atoms with van der Waals surface area (Å²) in [5, 5.41) is 0.464. The Labute approximate surface area is 144 Å². The molecule has 3 aliphatic rings. The normalized spacial score (nSPS) is 27.5. The number of anilines is 1. The van der Waals surface area contributed by atoms with E-state index < -0.39 is 18.0 Å². The van der Waals surface area contributed by atoms with Crippen LogP contribution in [-0.4, -0.2) is 42.9 Å². The van der Waals surface area contributed by atoms with E-state index >= 15 is 0 Å². The zero-order valence-electron chi connectivity index (χ0n) is 14.0. The monoisotopic (exact) mass is 346 g/mol. The summed E-state index contributed by atoms with van der Waals surface area (Å²) in [5.41, 5.74) is 1.89. The van der Waals surface area contributed by atoms with Crippen LogP contribution in [0.3, 0.4) is 0 Å². The van der Waals surface area contributed by atoms with E-state index in [1.807, 2.05) is 13.1 Å². The third kappa shape index (κ3) is 2.36. The molecule has 0 bridgehead atoms. The zero-order chi connectivity index (χ0) is 17.8. The number of amides is 2. The summed E-state index contributed by atoms with van der Waals surface area (Å²) in [6, 6.07) is 5.29. The van der Waals surface area contributed by atoms with Crippen LogP contribution in [0, 0.1) is 0 Å². The third-order valence-electron chi connectivity index (χ3n) is 5.13. The number of carbonyl (C=O) groups is 3. The minimum atomic E-state index is -1.11. The average molecular weight is 346 g/mol. The maximum atomic E-state index is 11.9. The number of carbonyl (C=O) groups excluding carboxylic acids is 3. The molecule has 132 valence electrons. The molecule has 0 saturated carbocycles. The van der Waals surface area contributed by atoms with Gasteiger partial charge in [0, 0.05) is 31.0 Å². The fraction of sp³-hybridized carbons (Fsp3) is 0.471. The molecule has 0 unspecified atom stereocenters. The lowest BCUT2D eigenvalue weighted by molar-refractivity contribution is -0.174. The number of rotatable bonds is 2. The molecule has 0 aliphatic carbocycles. The van der Waals surface area contributed by atoms with E-state index in [0.717, 1.165) is 17.7 Å². The van der Waals surface area contributed by atoms with Crippen LogP contribution in [0.15, 0.2) is 18.2 Å². The topological polar surface area (TPSA) is 85.4 Å². The van der Waals surface area contributed by atoms with Crippen LogP contribution in [-0.2, 0) is 24.6 Å². The number of imide groups is 1. The Morgan fingerprint density at radius 3 is 2.72 bits per heavy atom. The number of benzene rings is 1. The van der Waals surface area contributed by atoms with Gasteiger partial charge in [-0.25, -0.2) is 4.79 Å². The molecule has 25 heavy (non-hydrogen) atoms. The van der Waals surface area contributed by atoms with E-state index in [4.69, 9.17) is 14.3 Å². The number of fused-ring (bicyclic) bond motifs is 3. The van der Waals surface area contributed by atoms with Crippen LogP contribution in [0.1, 0.15) is 31.7 Å². The molecule has 0 aromatic heterocycles. The van der Waals surface area contributed by atoms with Gasteiger partial charge < -0.3 is 14.4 Å². The first-order chi connectivity index (χ1) is 11.9. The van der Waals surface area contributed by atoms with Gasteiger partial charge in [-0.15, -0.1) is 0 Å². The first-order valence-corrected chi connectivity index (χ1v) is 8.15. The fourth-order valence-corrected chi connectivity index (χ4v) is 3.81. The number of hydrogen-bond acceptors (Lipinski definition) is 7. The summed E-state index contributed by atoms with van der Waals surface area (Å²) >= 11 is 0. The highest BCUT2D eigenvalue weighted by Gasteiger charge is 2.50. The SMILES string of the molecule is CN1c2ccc(OC(=O)ON3C(=O)CCC3=O)cc2[C@]2(C)CCO[C@H]12. The Balaban J connectivity index is 1.52. The Bertz CT molecular complexity index is 762. The van der Waals surface area contributed by atoms with E-state index in [0.29, 0.717) is 17.4 Å². The number of nitrogens with zero attached hydrogens (tertiary/aromatic N) is 2. The molecule has 2 saturated heterocycles. The molecule has 2 fully saturated rings. The minimum Gasteiger partial charge on any atom is -0.393 e. The molecule has 0 spiro atoms. The van der Waals surface area contributed by atoms with Gasteiger partial charge >= 0.3 is 6.16 Å². The first kappa shape index (κ1) is 15.9. The van der Waals surface area contributed by atoms with Crippen molar-refractivity contribution in [3.63, 3.8) is 0 Å².